The molecule has 0 bridgehead atoms. The molecule has 0 saturated carbocycles. The highest BCUT2D eigenvalue weighted by atomic mass is 79.9. The van der Waals surface area contributed by atoms with Crippen LogP contribution in [0.4, 0.5) is 4.39 Å². The highest BCUT2D eigenvalue weighted by Crippen LogP contribution is 2.13. The van der Waals surface area contributed by atoms with E-state index in [-0.39, 0.29) is 17.9 Å². The number of rotatable bonds is 3. The topological polar surface area (TPSA) is 33.2 Å². The Bertz CT molecular complexity index is 355. The van der Waals surface area contributed by atoms with E-state index in [1.165, 1.54) is 12.3 Å². The van der Waals surface area contributed by atoms with Gasteiger partial charge in [-0.15, -0.1) is 0 Å². The number of nitrogens with zero attached hydrogens (tertiary/aromatic N) is 2. The maximum atomic E-state index is 13.1. The predicted octanol–water partition coefficient (Wildman–Crippen LogP) is 1.73. The molecule has 76 valence electrons. The third-order valence-corrected chi connectivity index (χ3v) is 2.00. The Morgan fingerprint density at radius 3 is 2.86 bits per heavy atom. The van der Waals surface area contributed by atoms with Crippen LogP contribution in [-0.4, -0.2) is 36.3 Å². The molecule has 0 aliphatic heterocycles. The second-order valence-electron chi connectivity index (χ2n) is 3.15. The van der Waals surface area contributed by atoms with Crippen LogP contribution >= 0.6 is 15.9 Å². The Labute approximate surface area is 90.1 Å². The van der Waals surface area contributed by atoms with Crippen molar-refractivity contribution in [1.29, 1.82) is 0 Å². The third-order valence-electron chi connectivity index (χ3n) is 1.57. The van der Waals surface area contributed by atoms with E-state index in [0.717, 1.165) is 0 Å². The molecule has 0 aromatic carbocycles. The third kappa shape index (κ3) is 2.85. The van der Waals surface area contributed by atoms with Crippen LogP contribution in [0.25, 0.3) is 0 Å². The van der Waals surface area contributed by atoms with E-state index in [2.05, 4.69) is 20.9 Å². The molecule has 14 heavy (non-hydrogen) atoms. The smallest absolute Gasteiger partial charge is 0.223 e. The largest absolute Gasteiger partial charge is 0.302 e. The van der Waals surface area contributed by atoms with Crippen LogP contribution in [0.1, 0.15) is 10.4 Å². The summed E-state index contributed by atoms with van der Waals surface area (Å²) in [5, 5.41) is 0. The van der Waals surface area contributed by atoms with Crippen molar-refractivity contribution in [3.63, 3.8) is 0 Å². The Morgan fingerprint density at radius 2 is 2.29 bits per heavy atom. The van der Waals surface area contributed by atoms with Crippen LogP contribution in [0.2, 0.25) is 0 Å². The molecule has 0 spiro atoms. The van der Waals surface area contributed by atoms with Crippen molar-refractivity contribution in [2.75, 3.05) is 20.6 Å². The molecule has 3 nitrogen and oxygen atoms in total. The Morgan fingerprint density at radius 1 is 1.64 bits per heavy atom. The van der Waals surface area contributed by atoms with E-state index >= 15 is 0 Å². The van der Waals surface area contributed by atoms with Crippen LogP contribution in [0, 0.1) is 5.95 Å². The lowest BCUT2D eigenvalue weighted by atomic mass is 10.2. The summed E-state index contributed by atoms with van der Waals surface area (Å²) in [5.41, 5.74) is 0.0214. The van der Waals surface area contributed by atoms with Crippen molar-refractivity contribution in [2.24, 2.45) is 0 Å². The van der Waals surface area contributed by atoms with Gasteiger partial charge in [-0.05, 0) is 36.1 Å². The molecule has 5 heteroatoms. The van der Waals surface area contributed by atoms with Gasteiger partial charge in [0.15, 0.2) is 5.78 Å². The standard InChI is InChI=1S/C9H10BrFN2O/c1-13(2)5-8(14)7-3-6(10)4-12-9(7)11/h3-4H,5H2,1-2H3. The minimum atomic E-state index is -0.722. The molecule has 0 radical (unpaired) electrons. The van der Waals surface area contributed by atoms with E-state index in [1.54, 1.807) is 19.0 Å². The normalized spacial score (nSPS) is 10.6. The fourth-order valence-electron chi connectivity index (χ4n) is 0.991. The molecular weight excluding hydrogens is 251 g/mol. The summed E-state index contributed by atoms with van der Waals surface area (Å²) in [6.07, 6.45) is 1.32. The molecule has 0 aliphatic rings. The van der Waals surface area contributed by atoms with Gasteiger partial charge in [-0.25, -0.2) is 4.98 Å². The zero-order valence-corrected chi connectivity index (χ0v) is 9.51. The van der Waals surface area contributed by atoms with Crippen LogP contribution in [0.3, 0.4) is 0 Å². The summed E-state index contributed by atoms with van der Waals surface area (Å²) in [5.74, 6) is -0.999. The SMILES string of the molecule is CN(C)CC(=O)c1cc(Br)cnc1F. The van der Waals surface area contributed by atoms with Gasteiger partial charge in [0.05, 0.1) is 12.1 Å². The van der Waals surface area contributed by atoms with Gasteiger partial charge >= 0.3 is 0 Å². The highest BCUT2D eigenvalue weighted by Gasteiger charge is 2.13. The first-order valence-corrected chi connectivity index (χ1v) is 4.79. The molecule has 1 aromatic heterocycles. The molecule has 0 fully saturated rings. The summed E-state index contributed by atoms with van der Waals surface area (Å²) in [7, 11) is 3.50. The first-order chi connectivity index (χ1) is 6.50. The number of carbonyl (C=O) groups is 1. The van der Waals surface area contributed by atoms with Gasteiger partial charge in [0.1, 0.15) is 0 Å². The molecule has 0 N–H and O–H groups in total. The summed E-state index contributed by atoms with van der Waals surface area (Å²) >= 11 is 3.14. The minimum absolute atomic E-state index is 0.0214. The lowest BCUT2D eigenvalue weighted by Gasteiger charge is -2.08. The number of carbonyl (C=O) groups excluding carboxylic acids is 1. The van der Waals surface area contributed by atoms with E-state index < -0.39 is 5.95 Å². The minimum Gasteiger partial charge on any atom is -0.302 e. The monoisotopic (exact) mass is 260 g/mol. The fourth-order valence-corrected chi connectivity index (χ4v) is 1.32. The van der Waals surface area contributed by atoms with Gasteiger partial charge < -0.3 is 4.90 Å². The number of aromatic nitrogens is 1. The molecule has 0 atom stereocenters. The number of ketones is 1. The molecular formula is C9H10BrFN2O. The molecule has 0 unspecified atom stereocenters. The summed E-state index contributed by atoms with van der Waals surface area (Å²) in [6, 6.07) is 1.44. The van der Waals surface area contributed by atoms with Crippen molar-refractivity contribution < 1.29 is 9.18 Å². The van der Waals surface area contributed by atoms with E-state index in [0.29, 0.717) is 4.47 Å². The van der Waals surface area contributed by atoms with E-state index in [4.69, 9.17) is 0 Å². The quantitative estimate of drug-likeness (QED) is 0.613. The zero-order valence-electron chi connectivity index (χ0n) is 7.92. The maximum absolute atomic E-state index is 13.1. The highest BCUT2D eigenvalue weighted by molar-refractivity contribution is 9.10. The Kier molecular flexibility index (Phi) is 3.71. The predicted molar refractivity (Wildman–Crippen MR) is 54.8 cm³/mol. The first-order valence-electron chi connectivity index (χ1n) is 3.99. The Hall–Kier alpha value is -0.810. The molecule has 1 aromatic rings. The number of likely N-dealkylation sites (N-methyl/N-ethyl adjacent to an activating group) is 1. The van der Waals surface area contributed by atoms with Crippen LogP contribution in [0.15, 0.2) is 16.7 Å². The van der Waals surface area contributed by atoms with E-state index in [1.807, 2.05) is 0 Å². The Balaban J connectivity index is 2.94. The average Bonchev–Trinajstić information content (AvgIpc) is 2.08. The summed E-state index contributed by atoms with van der Waals surface area (Å²) < 4.78 is 13.7. The van der Waals surface area contributed by atoms with Crippen LogP contribution in [-0.2, 0) is 0 Å². The van der Waals surface area contributed by atoms with Crippen molar-refractivity contribution in [1.82, 2.24) is 9.88 Å². The average molecular weight is 261 g/mol. The number of halogens is 2. The van der Waals surface area contributed by atoms with Gasteiger partial charge in [-0.1, -0.05) is 0 Å². The van der Waals surface area contributed by atoms with Crippen molar-refractivity contribution in [3.05, 3.63) is 28.2 Å². The van der Waals surface area contributed by atoms with Crippen LogP contribution < -0.4 is 0 Å². The van der Waals surface area contributed by atoms with Gasteiger partial charge in [0, 0.05) is 10.7 Å². The summed E-state index contributed by atoms with van der Waals surface area (Å²) in [6.45, 7) is 0.176. The fraction of sp³-hybridized carbons (Fsp3) is 0.333. The molecule has 1 heterocycles. The van der Waals surface area contributed by atoms with Gasteiger partial charge in [-0.2, -0.15) is 4.39 Å². The lowest BCUT2D eigenvalue weighted by molar-refractivity contribution is 0.0953. The van der Waals surface area contributed by atoms with Crippen molar-refractivity contribution >= 4 is 21.7 Å². The maximum Gasteiger partial charge on any atom is 0.223 e. The summed E-state index contributed by atoms with van der Waals surface area (Å²) in [4.78, 5) is 16.6. The molecule has 0 aliphatic carbocycles. The van der Waals surface area contributed by atoms with Crippen molar-refractivity contribution in [3.8, 4) is 0 Å². The molecule has 1 rings (SSSR count). The van der Waals surface area contributed by atoms with Gasteiger partial charge in [0.25, 0.3) is 0 Å². The number of pyridine rings is 1. The lowest BCUT2D eigenvalue weighted by Crippen LogP contribution is -2.22. The van der Waals surface area contributed by atoms with Crippen molar-refractivity contribution in [2.45, 2.75) is 0 Å². The van der Waals surface area contributed by atoms with E-state index in [9.17, 15) is 9.18 Å². The second-order valence-corrected chi connectivity index (χ2v) is 4.07. The van der Waals surface area contributed by atoms with Gasteiger partial charge in [-0.3, -0.25) is 4.79 Å². The number of hydrogen-bond donors (Lipinski definition) is 0. The zero-order chi connectivity index (χ0) is 10.7. The first kappa shape index (κ1) is 11.3. The number of Topliss-reactive ketones (excluding diaryl/α,β-unsaturated/α-hetero) is 1. The number of hydrogen-bond acceptors (Lipinski definition) is 3. The van der Waals surface area contributed by atoms with Gasteiger partial charge in [0.2, 0.25) is 5.95 Å². The molecule has 0 amide bonds. The van der Waals surface area contributed by atoms with Crippen LogP contribution in [0.5, 0.6) is 0 Å². The second kappa shape index (κ2) is 4.61. The molecule has 0 saturated heterocycles.